The van der Waals surface area contributed by atoms with Crippen molar-refractivity contribution in [1.29, 1.82) is 0 Å². The van der Waals surface area contributed by atoms with Gasteiger partial charge in [0.15, 0.2) is 0 Å². The molecule has 0 spiro atoms. The highest BCUT2D eigenvalue weighted by atomic mass is 16.6. The van der Waals surface area contributed by atoms with Crippen LogP contribution in [-0.2, 0) is 6.42 Å². The van der Waals surface area contributed by atoms with Crippen LogP contribution in [0.5, 0.6) is 0 Å². The first-order chi connectivity index (χ1) is 10.1. The molecule has 0 amide bonds. The Balaban J connectivity index is 2.06. The molecule has 0 aliphatic rings. The average molecular weight is 285 g/mol. The van der Waals surface area contributed by atoms with Gasteiger partial charge in [0.2, 0.25) is 0 Å². The summed E-state index contributed by atoms with van der Waals surface area (Å²) in [6, 6.07) is 13.0. The first kappa shape index (κ1) is 14.6. The number of nitro groups is 2. The van der Waals surface area contributed by atoms with Gasteiger partial charge in [-0.15, -0.1) is 0 Å². The van der Waals surface area contributed by atoms with Crippen molar-refractivity contribution in [2.24, 2.45) is 0 Å². The molecule has 2 aromatic rings. The first-order valence-electron chi connectivity index (χ1n) is 6.38. The Hall–Kier alpha value is -2.76. The summed E-state index contributed by atoms with van der Waals surface area (Å²) >= 11 is 0. The van der Waals surface area contributed by atoms with Gasteiger partial charge < -0.3 is 0 Å². The van der Waals surface area contributed by atoms with Crippen LogP contribution < -0.4 is 0 Å². The summed E-state index contributed by atoms with van der Waals surface area (Å²) in [4.78, 5) is 20.9. The molecular weight excluding hydrogens is 272 g/mol. The second kappa shape index (κ2) is 6.60. The molecule has 0 saturated carbocycles. The van der Waals surface area contributed by atoms with Crippen molar-refractivity contribution in [1.82, 2.24) is 0 Å². The number of hydrogen-bond acceptors (Lipinski definition) is 4. The zero-order chi connectivity index (χ0) is 15.2. The van der Waals surface area contributed by atoms with E-state index in [-0.39, 0.29) is 11.4 Å². The molecular formula is C15H13N2O4. The minimum atomic E-state index is -0.434. The molecule has 107 valence electrons. The van der Waals surface area contributed by atoms with Gasteiger partial charge in [0, 0.05) is 23.3 Å². The van der Waals surface area contributed by atoms with E-state index in [0.29, 0.717) is 24.0 Å². The van der Waals surface area contributed by atoms with Crippen LogP contribution in [0.1, 0.15) is 17.5 Å². The first-order valence-corrected chi connectivity index (χ1v) is 6.38. The number of rotatable bonds is 6. The van der Waals surface area contributed by atoms with E-state index in [4.69, 9.17) is 0 Å². The molecule has 2 rings (SSSR count). The second-order valence-corrected chi connectivity index (χ2v) is 4.44. The Kier molecular flexibility index (Phi) is 4.61. The smallest absolute Gasteiger partial charge is 0.258 e. The third-order valence-corrected chi connectivity index (χ3v) is 3.10. The number of nitrogens with zero attached hydrogens (tertiary/aromatic N) is 2. The van der Waals surface area contributed by atoms with Gasteiger partial charge >= 0.3 is 0 Å². The maximum Gasteiger partial charge on any atom is 0.272 e. The molecule has 0 N–H and O–H groups in total. The fourth-order valence-electron chi connectivity index (χ4n) is 2.11. The quantitative estimate of drug-likeness (QED) is 0.598. The van der Waals surface area contributed by atoms with E-state index in [9.17, 15) is 20.2 Å². The molecule has 0 atom stereocenters. The van der Waals surface area contributed by atoms with Crippen molar-refractivity contribution >= 4 is 11.4 Å². The van der Waals surface area contributed by atoms with Crippen molar-refractivity contribution < 1.29 is 9.85 Å². The van der Waals surface area contributed by atoms with Crippen LogP contribution in [0.25, 0.3) is 0 Å². The summed E-state index contributed by atoms with van der Waals surface area (Å²) in [5, 5.41) is 21.8. The third-order valence-electron chi connectivity index (χ3n) is 3.10. The molecule has 0 saturated heterocycles. The van der Waals surface area contributed by atoms with Crippen LogP contribution in [0.2, 0.25) is 0 Å². The molecule has 6 nitrogen and oxygen atoms in total. The highest BCUT2D eigenvalue weighted by molar-refractivity contribution is 5.45. The Morgan fingerprint density at radius 2 is 1.43 bits per heavy atom. The third kappa shape index (κ3) is 3.62. The summed E-state index contributed by atoms with van der Waals surface area (Å²) < 4.78 is 0. The fourth-order valence-corrected chi connectivity index (χ4v) is 2.11. The van der Waals surface area contributed by atoms with Crippen LogP contribution in [-0.4, -0.2) is 9.85 Å². The number of benzene rings is 2. The number of para-hydroxylation sites is 2. The molecule has 0 aliphatic heterocycles. The average Bonchev–Trinajstić information content (AvgIpc) is 2.48. The Morgan fingerprint density at radius 3 is 2.10 bits per heavy atom. The normalized spacial score (nSPS) is 10.3. The minimum Gasteiger partial charge on any atom is -0.258 e. The lowest BCUT2D eigenvalue weighted by atomic mass is 10.0. The van der Waals surface area contributed by atoms with Crippen LogP contribution in [0.4, 0.5) is 11.4 Å². The summed E-state index contributed by atoms with van der Waals surface area (Å²) in [5.41, 5.74) is 1.27. The van der Waals surface area contributed by atoms with Gasteiger partial charge in [-0.3, -0.25) is 20.2 Å². The second-order valence-electron chi connectivity index (χ2n) is 4.44. The lowest BCUT2D eigenvalue weighted by Crippen LogP contribution is -1.97. The molecule has 6 heteroatoms. The predicted octanol–water partition coefficient (Wildman–Crippen LogP) is 3.69. The van der Waals surface area contributed by atoms with E-state index in [1.165, 1.54) is 12.1 Å². The molecule has 0 aromatic heterocycles. The van der Waals surface area contributed by atoms with Gasteiger partial charge in [-0.1, -0.05) is 36.4 Å². The lowest BCUT2D eigenvalue weighted by Gasteiger charge is -2.04. The predicted molar refractivity (Wildman–Crippen MR) is 77.9 cm³/mol. The van der Waals surface area contributed by atoms with E-state index in [2.05, 4.69) is 0 Å². The number of aryl methyl sites for hydroxylation is 1. The Morgan fingerprint density at radius 1 is 0.857 bits per heavy atom. The topological polar surface area (TPSA) is 86.3 Å². The van der Waals surface area contributed by atoms with Crippen molar-refractivity contribution in [3.8, 4) is 0 Å². The van der Waals surface area contributed by atoms with Gasteiger partial charge in [0.25, 0.3) is 11.4 Å². The summed E-state index contributed by atoms with van der Waals surface area (Å²) in [7, 11) is 0. The van der Waals surface area contributed by atoms with Crippen molar-refractivity contribution in [2.75, 3.05) is 0 Å². The summed E-state index contributed by atoms with van der Waals surface area (Å²) in [5.74, 6) is 0. The highest BCUT2D eigenvalue weighted by Crippen LogP contribution is 2.24. The standard InChI is InChI=1S/C15H13N2O4/c18-16(19)14-10-3-1-6-12(14)8-5-9-13-7-2-4-11-15(13)17(20)21/h1-4,6-8,10-11H,5,9H2. The van der Waals surface area contributed by atoms with Gasteiger partial charge in [-0.05, 0) is 19.3 Å². The van der Waals surface area contributed by atoms with E-state index in [1.807, 2.05) is 0 Å². The molecule has 0 unspecified atom stereocenters. The van der Waals surface area contributed by atoms with Gasteiger partial charge in [0.05, 0.1) is 9.85 Å². The Bertz CT molecular complexity index is 613. The number of hydrogen-bond donors (Lipinski definition) is 0. The highest BCUT2D eigenvalue weighted by Gasteiger charge is 2.14. The van der Waals surface area contributed by atoms with E-state index in [0.717, 1.165) is 0 Å². The van der Waals surface area contributed by atoms with E-state index >= 15 is 0 Å². The molecule has 0 fully saturated rings. The fraction of sp³-hybridized carbons (Fsp3) is 0.133. The zero-order valence-electron chi connectivity index (χ0n) is 11.1. The maximum atomic E-state index is 10.9. The maximum absolute atomic E-state index is 10.9. The molecule has 1 radical (unpaired) electrons. The van der Waals surface area contributed by atoms with Gasteiger partial charge in [0.1, 0.15) is 0 Å². The van der Waals surface area contributed by atoms with Crippen LogP contribution in [0.3, 0.4) is 0 Å². The molecule has 21 heavy (non-hydrogen) atoms. The zero-order valence-corrected chi connectivity index (χ0v) is 11.1. The minimum absolute atomic E-state index is 0.0417. The molecule has 0 heterocycles. The molecule has 2 aromatic carbocycles. The Labute approximate surface area is 121 Å². The van der Waals surface area contributed by atoms with Crippen LogP contribution >= 0.6 is 0 Å². The number of nitro benzene ring substituents is 2. The summed E-state index contributed by atoms with van der Waals surface area (Å²) in [6.45, 7) is 0. The molecule has 0 bridgehead atoms. The SMILES string of the molecule is O=[N+]([O-])c1ccccc1[CH]CCc1ccccc1[N+](=O)[O-]. The largest absolute Gasteiger partial charge is 0.272 e. The lowest BCUT2D eigenvalue weighted by molar-refractivity contribution is -0.385. The van der Waals surface area contributed by atoms with Crippen LogP contribution in [0.15, 0.2) is 48.5 Å². The monoisotopic (exact) mass is 285 g/mol. The van der Waals surface area contributed by atoms with Crippen molar-refractivity contribution in [3.63, 3.8) is 0 Å². The van der Waals surface area contributed by atoms with Crippen LogP contribution in [0, 0.1) is 26.6 Å². The van der Waals surface area contributed by atoms with E-state index < -0.39 is 9.85 Å². The van der Waals surface area contributed by atoms with Crippen molar-refractivity contribution in [2.45, 2.75) is 12.8 Å². The van der Waals surface area contributed by atoms with Gasteiger partial charge in [-0.25, -0.2) is 0 Å². The van der Waals surface area contributed by atoms with E-state index in [1.54, 1.807) is 42.8 Å². The molecule has 0 aliphatic carbocycles. The van der Waals surface area contributed by atoms with Crippen molar-refractivity contribution in [3.05, 3.63) is 86.3 Å². The summed E-state index contributed by atoms with van der Waals surface area (Å²) in [6.07, 6.45) is 2.69. The van der Waals surface area contributed by atoms with Gasteiger partial charge in [-0.2, -0.15) is 0 Å².